The molecule has 0 radical (unpaired) electrons. The van der Waals surface area contributed by atoms with Gasteiger partial charge in [0, 0.05) is 25.1 Å². The van der Waals surface area contributed by atoms with Crippen molar-refractivity contribution < 1.29 is 9.47 Å². The number of nitrogens with two attached hydrogens (primary N) is 1. The summed E-state index contributed by atoms with van der Waals surface area (Å²) in [7, 11) is 3.28. The number of ether oxygens (including phenoxy) is 2. The Hall–Kier alpha value is -1.75. The predicted molar refractivity (Wildman–Crippen MR) is 75.9 cm³/mol. The summed E-state index contributed by atoms with van der Waals surface area (Å²) in [6.07, 6.45) is 1.83. The van der Waals surface area contributed by atoms with E-state index in [1.54, 1.807) is 14.2 Å². The molecule has 0 atom stereocenters. The van der Waals surface area contributed by atoms with E-state index in [1.807, 2.05) is 12.1 Å². The zero-order valence-electron chi connectivity index (χ0n) is 11.8. The molecular weight excluding hydrogens is 242 g/mol. The molecular formula is C14H21N3O2. The SMILES string of the molecule is CCc1nc2cc(OC)c(OC)cc2n1CCCN. The van der Waals surface area contributed by atoms with E-state index < -0.39 is 0 Å². The van der Waals surface area contributed by atoms with Crippen LogP contribution in [0, 0.1) is 0 Å². The number of aryl methyl sites for hydroxylation is 2. The van der Waals surface area contributed by atoms with Crippen LogP contribution in [-0.2, 0) is 13.0 Å². The quantitative estimate of drug-likeness (QED) is 0.865. The van der Waals surface area contributed by atoms with Crippen LogP contribution in [0.1, 0.15) is 19.2 Å². The highest BCUT2D eigenvalue weighted by Gasteiger charge is 2.13. The lowest BCUT2D eigenvalue weighted by atomic mass is 10.2. The highest BCUT2D eigenvalue weighted by molar-refractivity contribution is 5.80. The molecule has 0 spiro atoms. The number of hydrogen-bond donors (Lipinski definition) is 1. The molecule has 19 heavy (non-hydrogen) atoms. The molecule has 0 saturated carbocycles. The van der Waals surface area contributed by atoms with Crippen LogP contribution >= 0.6 is 0 Å². The number of imidazole rings is 1. The van der Waals surface area contributed by atoms with E-state index in [9.17, 15) is 0 Å². The van der Waals surface area contributed by atoms with Gasteiger partial charge in [-0.25, -0.2) is 4.98 Å². The molecule has 0 aliphatic carbocycles. The van der Waals surface area contributed by atoms with Crippen molar-refractivity contribution in [2.45, 2.75) is 26.3 Å². The Morgan fingerprint density at radius 3 is 2.47 bits per heavy atom. The van der Waals surface area contributed by atoms with Gasteiger partial charge >= 0.3 is 0 Å². The van der Waals surface area contributed by atoms with Gasteiger partial charge in [-0.05, 0) is 13.0 Å². The summed E-state index contributed by atoms with van der Waals surface area (Å²) in [4.78, 5) is 4.65. The number of fused-ring (bicyclic) bond motifs is 1. The third-order valence-corrected chi connectivity index (χ3v) is 3.23. The molecule has 0 bridgehead atoms. The number of hydrogen-bond acceptors (Lipinski definition) is 4. The van der Waals surface area contributed by atoms with Crippen LogP contribution < -0.4 is 15.2 Å². The minimum atomic E-state index is 0.677. The van der Waals surface area contributed by atoms with Crippen molar-refractivity contribution in [3.05, 3.63) is 18.0 Å². The molecule has 1 heterocycles. The van der Waals surface area contributed by atoms with Gasteiger partial charge in [0.2, 0.25) is 0 Å². The summed E-state index contributed by atoms with van der Waals surface area (Å²) in [5.74, 6) is 2.51. The van der Waals surface area contributed by atoms with Gasteiger partial charge in [-0.2, -0.15) is 0 Å². The first-order valence-corrected chi connectivity index (χ1v) is 6.56. The van der Waals surface area contributed by atoms with E-state index in [0.717, 1.165) is 42.0 Å². The van der Waals surface area contributed by atoms with E-state index >= 15 is 0 Å². The monoisotopic (exact) mass is 263 g/mol. The van der Waals surface area contributed by atoms with Gasteiger partial charge in [-0.15, -0.1) is 0 Å². The Balaban J connectivity index is 2.57. The zero-order chi connectivity index (χ0) is 13.8. The van der Waals surface area contributed by atoms with Gasteiger partial charge in [-0.3, -0.25) is 0 Å². The van der Waals surface area contributed by atoms with Gasteiger partial charge in [0.15, 0.2) is 11.5 Å². The number of rotatable bonds is 6. The molecule has 0 saturated heterocycles. The minimum Gasteiger partial charge on any atom is -0.493 e. The average Bonchev–Trinajstić information content (AvgIpc) is 2.80. The van der Waals surface area contributed by atoms with Crippen LogP contribution in [-0.4, -0.2) is 30.3 Å². The third-order valence-electron chi connectivity index (χ3n) is 3.23. The number of aromatic nitrogens is 2. The molecule has 0 unspecified atom stereocenters. The van der Waals surface area contributed by atoms with Crippen molar-refractivity contribution >= 4 is 11.0 Å². The van der Waals surface area contributed by atoms with Crippen molar-refractivity contribution in [3.8, 4) is 11.5 Å². The lowest BCUT2D eigenvalue weighted by Crippen LogP contribution is -2.08. The van der Waals surface area contributed by atoms with Gasteiger partial charge in [-0.1, -0.05) is 6.92 Å². The predicted octanol–water partition coefficient (Wildman–Crippen LogP) is 1.96. The van der Waals surface area contributed by atoms with Crippen LogP contribution in [0.15, 0.2) is 12.1 Å². The smallest absolute Gasteiger partial charge is 0.163 e. The largest absolute Gasteiger partial charge is 0.493 e. The second kappa shape index (κ2) is 5.93. The van der Waals surface area contributed by atoms with E-state index in [1.165, 1.54) is 0 Å². The highest BCUT2D eigenvalue weighted by atomic mass is 16.5. The minimum absolute atomic E-state index is 0.677. The highest BCUT2D eigenvalue weighted by Crippen LogP contribution is 2.32. The maximum atomic E-state index is 5.60. The molecule has 0 aliphatic heterocycles. The molecule has 0 fully saturated rings. The van der Waals surface area contributed by atoms with Crippen molar-refractivity contribution in [1.82, 2.24) is 9.55 Å². The summed E-state index contributed by atoms with van der Waals surface area (Å²) >= 11 is 0. The summed E-state index contributed by atoms with van der Waals surface area (Å²) in [6, 6.07) is 3.91. The van der Waals surface area contributed by atoms with Crippen molar-refractivity contribution in [3.63, 3.8) is 0 Å². The Morgan fingerprint density at radius 2 is 1.89 bits per heavy atom. The molecule has 1 aromatic carbocycles. The van der Waals surface area contributed by atoms with Gasteiger partial charge in [0.25, 0.3) is 0 Å². The van der Waals surface area contributed by atoms with E-state index in [0.29, 0.717) is 12.3 Å². The Kier molecular flexibility index (Phi) is 4.27. The van der Waals surface area contributed by atoms with Crippen molar-refractivity contribution in [1.29, 1.82) is 0 Å². The molecule has 2 rings (SSSR count). The Labute approximate surface area is 113 Å². The zero-order valence-corrected chi connectivity index (χ0v) is 11.8. The molecule has 5 heteroatoms. The van der Waals surface area contributed by atoms with E-state index in [-0.39, 0.29) is 0 Å². The molecule has 2 N–H and O–H groups in total. The number of benzene rings is 1. The summed E-state index contributed by atoms with van der Waals surface area (Å²) in [6.45, 7) is 3.66. The first kappa shape index (κ1) is 13.7. The molecule has 2 aromatic rings. The van der Waals surface area contributed by atoms with Crippen molar-refractivity contribution in [2.75, 3.05) is 20.8 Å². The van der Waals surface area contributed by atoms with Crippen LogP contribution in [0.4, 0.5) is 0 Å². The third kappa shape index (κ3) is 2.51. The number of nitrogens with zero attached hydrogens (tertiary/aromatic N) is 2. The first-order valence-electron chi connectivity index (χ1n) is 6.56. The van der Waals surface area contributed by atoms with E-state index in [4.69, 9.17) is 15.2 Å². The maximum absolute atomic E-state index is 5.60. The molecule has 104 valence electrons. The normalized spacial score (nSPS) is 10.9. The molecule has 0 aliphatic rings. The second-order valence-corrected chi connectivity index (χ2v) is 4.37. The lowest BCUT2D eigenvalue weighted by Gasteiger charge is -2.10. The van der Waals surface area contributed by atoms with Crippen LogP contribution in [0.3, 0.4) is 0 Å². The Bertz CT molecular complexity index is 563. The topological polar surface area (TPSA) is 62.3 Å². The fourth-order valence-corrected chi connectivity index (χ4v) is 2.27. The van der Waals surface area contributed by atoms with E-state index in [2.05, 4.69) is 16.5 Å². The molecule has 0 amide bonds. The summed E-state index contributed by atoms with van der Waals surface area (Å²) in [5, 5.41) is 0. The standard InChI is InChI=1S/C14H21N3O2/c1-4-14-16-10-8-12(18-2)13(19-3)9-11(10)17(14)7-5-6-15/h8-9H,4-7,15H2,1-3H3. The maximum Gasteiger partial charge on any atom is 0.163 e. The molecule has 1 aromatic heterocycles. The van der Waals surface area contributed by atoms with Crippen molar-refractivity contribution in [2.24, 2.45) is 5.73 Å². The van der Waals surface area contributed by atoms with Gasteiger partial charge in [0.05, 0.1) is 25.3 Å². The fourth-order valence-electron chi connectivity index (χ4n) is 2.27. The second-order valence-electron chi connectivity index (χ2n) is 4.37. The van der Waals surface area contributed by atoms with Gasteiger partial charge in [0.1, 0.15) is 5.82 Å². The average molecular weight is 263 g/mol. The van der Waals surface area contributed by atoms with Crippen LogP contribution in [0.2, 0.25) is 0 Å². The molecule has 5 nitrogen and oxygen atoms in total. The van der Waals surface area contributed by atoms with Gasteiger partial charge < -0.3 is 19.8 Å². The lowest BCUT2D eigenvalue weighted by molar-refractivity contribution is 0.355. The van der Waals surface area contributed by atoms with Crippen LogP contribution in [0.25, 0.3) is 11.0 Å². The fraction of sp³-hybridized carbons (Fsp3) is 0.500. The Morgan fingerprint density at radius 1 is 1.21 bits per heavy atom. The summed E-state index contributed by atoms with van der Waals surface area (Å²) < 4.78 is 12.9. The summed E-state index contributed by atoms with van der Waals surface area (Å²) in [5.41, 5.74) is 7.61. The number of methoxy groups -OCH3 is 2. The van der Waals surface area contributed by atoms with Crippen LogP contribution in [0.5, 0.6) is 11.5 Å². The first-order chi connectivity index (χ1) is 9.24.